The van der Waals surface area contributed by atoms with E-state index in [0.717, 1.165) is 0 Å². The molecule has 0 saturated carbocycles. The van der Waals surface area contributed by atoms with Gasteiger partial charge in [-0.15, -0.1) is 0 Å². The lowest BCUT2D eigenvalue weighted by Gasteiger charge is -2.00. The van der Waals surface area contributed by atoms with Gasteiger partial charge in [-0.3, -0.25) is 0 Å². The normalized spacial score (nSPS) is 12.2. The minimum atomic E-state index is 0. The van der Waals surface area contributed by atoms with Crippen LogP contribution in [-0.2, 0) is 12.8 Å². The number of aryl methyl sites for hydroxylation is 2. The fraction of sp³-hybridized carbons (Fsp3) is 0.538. The summed E-state index contributed by atoms with van der Waals surface area (Å²) in [5.74, 6) is 0. The second-order valence-electron chi connectivity index (χ2n) is 3.07. The first-order valence-electron chi connectivity index (χ1n) is 4.95. The van der Waals surface area contributed by atoms with Gasteiger partial charge in [0.15, 0.2) is 0 Å². The van der Waals surface area contributed by atoms with Crippen LogP contribution in [0.1, 0.15) is 44.4 Å². The minimum Gasteiger partial charge on any atom is -0.0776 e. The first kappa shape index (κ1) is 12.2. The summed E-state index contributed by atoms with van der Waals surface area (Å²) in [6.07, 6.45) is 3.97. The molecular weight excluding hydrogens is 156 g/mol. The predicted molar refractivity (Wildman–Crippen MR) is 61.3 cm³/mol. The van der Waals surface area contributed by atoms with Crippen LogP contribution in [0.5, 0.6) is 0 Å². The molecule has 0 aromatic heterocycles. The van der Waals surface area contributed by atoms with Gasteiger partial charge in [0, 0.05) is 0 Å². The Balaban J connectivity index is 0.000000451. The molecule has 0 aliphatic heterocycles. The van der Waals surface area contributed by atoms with E-state index in [2.05, 4.69) is 25.1 Å². The van der Waals surface area contributed by atoms with Crippen molar-refractivity contribution >= 4 is 0 Å². The van der Waals surface area contributed by atoms with Crippen molar-refractivity contribution in [3.63, 3.8) is 0 Å². The van der Waals surface area contributed by atoms with E-state index in [0.29, 0.717) is 0 Å². The van der Waals surface area contributed by atoms with Crippen molar-refractivity contribution in [3.05, 3.63) is 34.9 Å². The molecule has 0 bridgehead atoms. The Kier molecular flexibility index (Phi) is 5.45. The molecule has 1 aromatic carbocycles. The third kappa shape index (κ3) is 2.58. The molecule has 0 spiro atoms. The monoisotopic (exact) mass is 178 g/mol. The first-order valence-corrected chi connectivity index (χ1v) is 4.95. The van der Waals surface area contributed by atoms with E-state index in [-0.39, 0.29) is 7.43 Å². The molecule has 0 radical (unpaired) electrons. The van der Waals surface area contributed by atoms with Crippen LogP contribution >= 0.6 is 0 Å². The van der Waals surface area contributed by atoms with Crippen molar-refractivity contribution in [3.8, 4) is 0 Å². The van der Waals surface area contributed by atoms with Gasteiger partial charge in [0.05, 0.1) is 0 Å². The number of benzene rings is 1. The quantitative estimate of drug-likeness (QED) is 0.560. The Morgan fingerprint density at radius 2 is 1.77 bits per heavy atom. The molecule has 1 aliphatic carbocycles. The smallest absolute Gasteiger partial charge is 0.0270 e. The minimum absolute atomic E-state index is 0. The number of hydrogen-bond acceptors (Lipinski definition) is 0. The Labute approximate surface area is 83.0 Å². The fourth-order valence-electron chi connectivity index (χ4n) is 1.81. The lowest BCUT2D eigenvalue weighted by atomic mass is 10.1. The lowest BCUT2D eigenvalue weighted by Crippen LogP contribution is -1.84. The molecule has 0 nitrogen and oxygen atoms in total. The maximum absolute atomic E-state index is 2.26. The molecular formula is C13H22. The molecule has 0 heteroatoms. The molecule has 0 amide bonds. The summed E-state index contributed by atoms with van der Waals surface area (Å²) in [6, 6.07) is 6.64. The largest absolute Gasteiger partial charge is 0.0776 e. The third-order valence-electron chi connectivity index (χ3n) is 2.38. The summed E-state index contributed by atoms with van der Waals surface area (Å²) in [4.78, 5) is 0. The summed E-state index contributed by atoms with van der Waals surface area (Å²) >= 11 is 0. The van der Waals surface area contributed by atoms with Gasteiger partial charge < -0.3 is 0 Å². The molecule has 0 fully saturated rings. The number of rotatable bonds is 0. The molecule has 0 atom stereocenters. The van der Waals surface area contributed by atoms with Crippen LogP contribution in [0.2, 0.25) is 0 Å². The molecule has 1 aliphatic rings. The van der Waals surface area contributed by atoms with E-state index >= 15 is 0 Å². The highest BCUT2D eigenvalue weighted by Crippen LogP contribution is 2.24. The van der Waals surface area contributed by atoms with Crippen molar-refractivity contribution in [2.75, 3.05) is 0 Å². The summed E-state index contributed by atoms with van der Waals surface area (Å²) in [5, 5.41) is 0. The molecule has 0 heterocycles. The van der Waals surface area contributed by atoms with Gasteiger partial charge in [-0.1, -0.05) is 39.5 Å². The molecule has 74 valence electrons. The van der Waals surface area contributed by atoms with E-state index in [9.17, 15) is 0 Å². The Morgan fingerprint density at radius 3 is 2.38 bits per heavy atom. The van der Waals surface area contributed by atoms with Gasteiger partial charge >= 0.3 is 0 Å². The van der Waals surface area contributed by atoms with Crippen molar-refractivity contribution in [1.29, 1.82) is 0 Å². The SMILES string of the molecule is C.CC.Cc1cccc2c1CCC2. The Morgan fingerprint density at radius 1 is 1.08 bits per heavy atom. The number of fused-ring (bicyclic) bond motifs is 1. The van der Waals surface area contributed by atoms with Crippen LogP contribution in [0.25, 0.3) is 0 Å². The van der Waals surface area contributed by atoms with Gasteiger partial charge in [-0.05, 0) is 42.9 Å². The van der Waals surface area contributed by atoms with Crippen molar-refractivity contribution < 1.29 is 0 Å². The molecule has 0 N–H and O–H groups in total. The highest BCUT2D eigenvalue weighted by Gasteiger charge is 2.10. The van der Waals surface area contributed by atoms with E-state index in [1.165, 1.54) is 24.8 Å². The predicted octanol–water partition coefficient (Wildman–Crippen LogP) is 4.15. The molecule has 2 rings (SSSR count). The maximum Gasteiger partial charge on any atom is -0.0270 e. The Hall–Kier alpha value is -0.780. The highest BCUT2D eigenvalue weighted by atomic mass is 14.2. The standard InChI is InChI=1S/C10H12.C2H6.CH4/c1-8-4-2-5-9-6-3-7-10(8)9;1-2;/h2,4-5H,3,6-7H2,1H3;1-2H3;1H4. The van der Waals surface area contributed by atoms with E-state index in [1.807, 2.05) is 13.8 Å². The highest BCUT2D eigenvalue weighted by molar-refractivity contribution is 5.37. The topological polar surface area (TPSA) is 0 Å². The molecule has 0 saturated heterocycles. The van der Waals surface area contributed by atoms with Crippen LogP contribution in [0.3, 0.4) is 0 Å². The van der Waals surface area contributed by atoms with Crippen LogP contribution < -0.4 is 0 Å². The molecule has 13 heavy (non-hydrogen) atoms. The zero-order chi connectivity index (χ0) is 8.97. The summed E-state index contributed by atoms with van der Waals surface area (Å²) < 4.78 is 0. The lowest BCUT2D eigenvalue weighted by molar-refractivity contribution is 0.909. The molecule has 1 aromatic rings. The second kappa shape index (κ2) is 5.80. The van der Waals surface area contributed by atoms with Gasteiger partial charge in [0.25, 0.3) is 0 Å². The van der Waals surface area contributed by atoms with Crippen molar-refractivity contribution in [2.45, 2.75) is 47.5 Å². The van der Waals surface area contributed by atoms with Crippen LogP contribution in [0, 0.1) is 6.92 Å². The fourth-order valence-corrected chi connectivity index (χ4v) is 1.81. The van der Waals surface area contributed by atoms with E-state index in [4.69, 9.17) is 0 Å². The summed E-state index contributed by atoms with van der Waals surface area (Å²) in [6.45, 7) is 6.21. The average molecular weight is 178 g/mol. The van der Waals surface area contributed by atoms with Gasteiger partial charge in [-0.2, -0.15) is 0 Å². The Bertz CT molecular complexity index is 248. The zero-order valence-corrected chi connectivity index (χ0v) is 8.35. The maximum atomic E-state index is 2.26. The van der Waals surface area contributed by atoms with Gasteiger partial charge in [-0.25, -0.2) is 0 Å². The van der Waals surface area contributed by atoms with Crippen molar-refractivity contribution in [2.24, 2.45) is 0 Å². The second-order valence-corrected chi connectivity index (χ2v) is 3.07. The van der Waals surface area contributed by atoms with Crippen LogP contribution in [0.4, 0.5) is 0 Å². The van der Waals surface area contributed by atoms with E-state index < -0.39 is 0 Å². The summed E-state index contributed by atoms with van der Waals surface area (Å²) in [7, 11) is 0. The third-order valence-corrected chi connectivity index (χ3v) is 2.38. The van der Waals surface area contributed by atoms with Crippen LogP contribution in [0.15, 0.2) is 18.2 Å². The number of hydrogen-bond donors (Lipinski definition) is 0. The first-order chi connectivity index (χ1) is 5.88. The van der Waals surface area contributed by atoms with Gasteiger partial charge in [0.1, 0.15) is 0 Å². The average Bonchev–Trinajstić information content (AvgIpc) is 2.57. The molecule has 0 unspecified atom stereocenters. The van der Waals surface area contributed by atoms with Crippen LogP contribution in [-0.4, -0.2) is 0 Å². The summed E-state index contributed by atoms with van der Waals surface area (Å²) in [5.41, 5.74) is 4.68. The van der Waals surface area contributed by atoms with E-state index in [1.54, 1.807) is 11.1 Å². The van der Waals surface area contributed by atoms with Crippen molar-refractivity contribution in [1.82, 2.24) is 0 Å². The zero-order valence-electron chi connectivity index (χ0n) is 8.35. The van der Waals surface area contributed by atoms with Gasteiger partial charge in [0.2, 0.25) is 0 Å².